The van der Waals surface area contributed by atoms with Crippen molar-refractivity contribution in [2.24, 2.45) is 5.10 Å². The molecular weight excluding hydrogens is 350 g/mol. The van der Waals surface area contributed by atoms with Gasteiger partial charge in [-0.05, 0) is 44.5 Å². The fourth-order valence-corrected chi connectivity index (χ4v) is 3.00. The number of hydrogen-bond acceptors (Lipinski definition) is 4. The Bertz CT molecular complexity index is 1100. The highest BCUT2D eigenvalue weighted by Gasteiger charge is 2.14. The summed E-state index contributed by atoms with van der Waals surface area (Å²) in [5, 5.41) is 18.3. The molecule has 26 heavy (non-hydrogen) atoms. The molecule has 0 spiro atoms. The first-order valence-electron chi connectivity index (χ1n) is 7.92. The Morgan fingerprint density at radius 2 is 1.92 bits per heavy atom. The third-order valence-electron chi connectivity index (χ3n) is 4.02. The van der Waals surface area contributed by atoms with Crippen LogP contribution in [0.25, 0.3) is 5.69 Å². The van der Waals surface area contributed by atoms with Crippen LogP contribution in [0.5, 0.6) is 0 Å². The smallest absolute Gasteiger partial charge is 0.266 e. The Labute approximate surface area is 155 Å². The lowest BCUT2D eigenvalue weighted by atomic mass is 10.1. The maximum atomic E-state index is 12.4. The van der Waals surface area contributed by atoms with Gasteiger partial charge in [0, 0.05) is 5.69 Å². The number of halogens is 1. The summed E-state index contributed by atoms with van der Waals surface area (Å²) in [6, 6.07) is 13.2. The lowest BCUT2D eigenvalue weighted by molar-refractivity contribution is 0.786. The summed E-state index contributed by atoms with van der Waals surface area (Å²) in [4.78, 5) is 12.4. The maximum absolute atomic E-state index is 12.4. The van der Waals surface area contributed by atoms with Crippen LogP contribution in [0.1, 0.15) is 28.1 Å². The molecule has 7 heteroatoms. The highest BCUT2D eigenvalue weighted by atomic mass is 35.5. The molecule has 0 aliphatic heterocycles. The van der Waals surface area contributed by atoms with Gasteiger partial charge < -0.3 is 0 Å². The van der Waals surface area contributed by atoms with E-state index in [0.29, 0.717) is 27.7 Å². The first kappa shape index (κ1) is 17.6. The van der Waals surface area contributed by atoms with Gasteiger partial charge in [-0.3, -0.25) is 4.79 Å². The van der Waals surface area contributed by atoms with Gasteiger partial charge in [-0.25, -0.2) is 9.36 Å². The highest BCUT2D eigenvalue weighted by molar-refractivity contribution is 6.32. The van der Waals surface area contributed by atoms with Crippen LogP contribution in [-0.4, -0.2) is 20.7 Å². The third-order valence-corrected chi connectivity index (χ3v) is 4.39. The molecule has 130 valence electrons. The fraction of sp³-hybridized carbons (Fsp3) is 0.158. The maximum Gasteiger partial charge on any atom is 0.289 e. The summed E-state index contributed by atoms with van der Waals surface area (Å²) in [5.41, 5.74) is 3.01. The van der Waals surface area contributed by atoms with Gasteiger partial charge in [0.1, 0.15) is 16.8 Å². The number of pyridine rings is 1. The van der Waals surface area contributed by atoms with E-state index in [0.717, 1.165) is 5.69 Å². The molecule has 2 heterocycles. The van der Waals surface area contributed by atoms with Crippen molar-refractivity contribution in [3.63, 3.8) is 0 Å². The lowest BCUT2D eigenvalue weighted by Crippen LogP contribution is -2.22. The second kappa shape index (κ2) is 6.98. The molecule has 0 fully saturated rings. The van der Waals surface area contributed by atoms with E-state index in [2.05, 4.69) is 10.2 Å². The summed E-state index contributed by atoms with van der Waals surface area (Å²) in [6.45, 7) is 5.30. The Kier molecular flexibility index (Phi) is 4.74. The molecule has 0 amide bonds. The monoisotopic (exact) mass is 365 g/mol. The van der Waals surface area contributed by atoms with Gasteiger partial charge in [0.05, 0.1) is 23.2 Å². The first-order chi connectivity index (χ1) is 12.4. The molecule has 0 unspecified atom stereocenters. The number of hydrogen-bond donors (Lipinski definition) is 0. The number of nitriles is 1. The minimum Gasteiger partial charge on any atom is -0.266 e. The molecule has 0 saturated heterocycles. The second-order valence-electron chi connectivity index (χ2n) is 5.85. The normalized spacial score (nSPS) is 11.0. The molecule has 0 bridgehead atoms. The van der Waals surface area contributed by atoms with Crippen LogP contribution in [0.4, 0.5) is 0 Å². The third kappa shape index (κ3) is 3.05. The summed E-state index contributed by atoms with van der Waals surface area (Å²) >= 11 is 6.46. The minimum absolute atomic E-state index is 0.0792. The molecule has 0 N–H and O–H groups in total. The minimum atomic E-state index is -0.453. The van der Waals surface area contributed by atoms with Crippen LogP contribution < -0.4 is 5.56 Å². The standard InChI is InChI=1S/C19H16ClN5O/c1-12-9-13(2)24(19(26)16(12)10-21)22-11-17-14(3)23-25(18(17)20)15-7-5-4-6-8-15/h4-9,11H,1-3H3. The topological polar surface area (TPSA) is 76.0 Å². The predicted molar refractivity (Wildman–Crippen MR) is 101 cm³/mol. The quantitative estimate of drug-likeness (QED) is 0.668. The number of para-hydroxylation sites is 1. The first-order valence-corrected chi connectivity index (χ1v) is 8.30. The van der Waals surface area contributed by atoms with Crippen LogP contribution in [0.2, 0.25) is 5.15 Å². The molecule has 1 aromatic carbocycles. The molecule has 0 aliphatic carbocycles. The zero-order valence-electron chi connectivity index (χ0n) is 14.6. The SMILES string of the molecule is Cc1cc(C)n(N=Cc2c(C)nn(-c3ccccc3)c2Cl)c(=O)c1C#N. The fourth-order valence-electron chi connectivity index (χ4n) is 2.67. The van der Waals surface area contributed by atoms with Crippen molar-refractivity contribution in [2.45, 2.75) is 20.8 Å². The van der Waals surface area contributed by atoms with Crippen molar-refractivity contribution < 1.29 is 0 Å². The molecule has 0 radical (unpaired) electrons. The van der Waals surface area contributed by atoms with Gasteiger partial charge in [-0.1, -0.05) is 29.8 Å². The number of benzene rings is 1. The van der Waals surface area contributed by atoms with E-state index in [1.807, 2.05) is 43.3 Å². The average Bonchev–Trinajstić information content (AvgIpc) is 2.90. The molecular formula is C19H16ClN5O. The molecule has 0 aliphatic rings. The molecule has 3 rings (SSSR count). The average molecular weight is 366 g/mol. The summed E-state index contributed by atoms with van der Waals surface area (Å²) in [5.74, 6) is 0. The van der Waals surface area contributed by atoms with E-state index < -0.39 is 5.56 Å². The van der Waals surface area contributed by atoms with E-state index in [-0.39, 0.29) is 5.56 Å². The number of rotatable bonds is 3. The van der Waals surface area contributed by atoms with Gasteiger partial charge in [0.2, 0.25) is 0 Å². The largest absolute Gasteiger partial charge is 0.289 e. The number of aromatic nitrogens is 3. The Morgan fingerprint density at radius 1 is 1.23 bits per heavy atom. The van der Waals surface area contributed by atoms with Crippen LogP contribution in [0.3, 0.4) is 0 Å². The second-order valence-corrected chi connectivity index (χ2v) is 6.21. The molecule has 0 saturated carbocycles. The van der Waals surface area contributed by atoms with E-state index in [9.17, 15) is 4.79 Å². The van der Waals surface area contributed by atoms with Crippen LogP contribution >= 0.6 is 11.6 Å². The number of nitrogens with zero attached hydrogens (tertiary/aromatic N) is 5. The van der Waals surface area contributed by atoms with Gasteiger partial charge in [-0.2, -0.15) is 15.5 Å². The predicted octanol–water partition coefficient (Wildman–Crippen LogP) is 3.37. The van der Waals surface area contributed by atoms with Gasteiger partial charge in [-0.15, -0.1) is 0 Å². The van der Waals surface area contributed by atoms with E-state index in [1.165, 1.54) is 10.9 Å². The van der Waals surface area contributed by atoms with Crippen LogP contribution in [0.15, 0.2) is 46.3 Å². The van der Waals surface area contributed by atoms with Crippen molar-refractivity contribution in [3.8, 4) is 11.8 Å². The van der Waals surface area contributed by atoms with E-state index in [1.54, 1.807) is 24.6 Å². The Balaban J connectivity index is 2.08. The molecule has 3 aromatic rings. The van der Waals surface area contributed by atoms with Crippen molar-refractivity contribution in [1.82, 2.24) is 14.5 Å². The van der Waals surface area contributed by atoms with Gasteiger partial charge in [0.25, 0.3) is 5.56 Å². The number of aryl methyl sites for hydroxylation is 3. The molecule has 2 aromatic heterocycles. The van der Waals surface area contributed by atoms with Crippen LogP contribution in [0, 0.1) is 32.1 Å². The summed E-state index contributed by atoms with van der Waals surface area (Å²) in [7, 11) is 0. The van der Waals surface area contributed by atoms with E-state index >= 15 is 0 Å². The molecule has 0 atom stereocenters. The van der Waals surface area contributed by atoms with E-state index in [4.69, 9.17) is 16.9 Å². The Hall–Kier alpha value is -3.17. The van der Waals surface area contributed by atoms with Crippen molar-refractivity contribution in [2.75, 3.05) is 0 Å². The van der Waals surface area contributed by atoms with Crippen LogP contribution in [-0.2, 0) is 0 Å². The molecule has 6 nitrogen and oxygen atoms in total. The Morgan fingerprint density at radius 3 is 2.58 bits per heavy atom. The van der Waals surface area contributed by atoms with Crippen molar-refractivity contribution >= 4 is 17.8 Å². The zero-order chi connectivity index (χ0) is 18.8. The van der Waals surface area contributed by atoms with Crippen molar-refractivity contribution in [1.29, 1.82) is 5.26 Å². The highest BCUT2D eigenvalue weighted by Crippen LogP contribution is 2.22. The van der Waals surface area contributed by atoms with Gasteiger partial charge in [0.15, 0.2) is 0 Å². The zero-order valence-corrected chi connectivity index (χ0v) is 15.3. The lowest BCUT2D eigenvalue weighted by Gasteiger charge is -2.06. The summed E-state index contributed by atoms with van der Waals surface area (Å²) < 4.78 is 2.81. The van der Waals surface area contributed by atoms with Crippen molar-refractivity contribution in [3.05, 3.63) is 80.0 Å². The summed E-state index contributed by atoms with van der Waals surface area (Å²) in [6.07, 6.45) is 1.50. The van der Waals surface area contributed by atoms with Gasteiger partial charge >= 0.3 is 0 Å².